The Bertz CT molecular complexity index is 974. The van der Waals surface area contributed by atoms with Crippen molar-refractivity contribution in [1.82, 2.24) is 15.1 Å². The fourth-order valence-electron chi connectivity index (χ4n) is 4.18. The van der Waals surface area contributed by atoms with E-state index in [9.17, 15) is 14.4 Å². The normalized spacial score (nSPS) is 18.5. The van der Waals surface area contributed by atoms with E-state index in [0.717, 1.165) is 11.4 Å². The van der Waals surface area contributed by atoms with Crippen molar-refractivity contribution in [2.24, 2.45) is 0 Å². The van der Waals surface area contributed by atoms with E-state index in [0.29, 0.717) is 45.0 Å². The van der Waals surface area contributed by atoms with Crippen LogP contribution in [0.3, 0.4) is 0 Å². The molecule has 9 nitrogen and oxygen atoms in total. The first-order valence-corrected chi connectivity index (χ1v) is 11.1. The van der Waals surface area contributed by atoms with Crippen LogP contribution in [0.5, 0.6) is 5.75 Å². The molecule has 174 valence electrons. The highest BCUT2D eigenvalue weighted by Gasteiger charge is 2.36. The fraction of sp³-hybridized carbons (Fsp3) is 0.375. The van der Waals surface area contributed by atoms with E-state index in [-0.39, 0.29) is 24.3 Å². The molecule has 0 bridgehead atoms. The van der Waals surface area contributed by atoms with Crippen molar-refractivity contribution in [2.75, 3.05) is 56.6 Å². The Morgan fingerprint density at radius 3 is 2.36 bits per heavy atom. The maximum absolute atomic E-state index is 13.0. The molecule has 2 saturated heterocycles. The third-order valence-corrected chi connectivity index (χ3v) is 6.05. The second kappa shape index (κ2) is 10.2. The smallest absolute Gasteiger partial charge is 0.322 e. The average molecular weight is 452 g/mol. The van der Waals surface area contributed by atoms with E-state index in [1.165, 1.54) is 4.90 Å². The van der Waals surface area contributed by atoms with Gasteiger partial charge in [-0.15, -0.1) is 0 Å². The molecule has 2 heterocycles. The Balaban J connectivity index is 1.34. The van der Waals surface area contributed by atoms with Gasteiger partial charge in [0.2, 0.25) is 11.8 Å². The van der Waals surface area contributed by atoms with Gasteiger partial charge in [0.15, 0.2) is 0 Å². The number of para-hydroxylation sites is 1. The van der Waals surface area contributed by atoms with Crippen LogP contribution in [0.4, 0.5) is 16.2 Å². The quantitative estimate of drug-likeness (QED) is 0.723. The van der Waals surface area contributed by atoms with Gasteiger partial charge in [-0.2, -0.15) is 0 Å². The average Bonchev–Trinajstić information content (AvgIpc) is 2.86. The second-order valence-electron chi connectivity index (χ2n) is 8.07. The molecule has 2 aromatic rings. The molecule has 4 rings (SSSR count). The molecule has 2 N–H and O–H groups in total. The van der Waals surface area contributed by atoms with Gasteiger partial charge in [-0.25, -0.2) is 4.79 Å². The molecule has 2 fully saturated rings. The van der Waals surface area contributed by atoms with Crippen molar-refractivity contribution in [3.63, 3.8) is 0 Å². The molecule has 4 amide bonds. The lowest BCUT2D eigenvalue weighted by Gasteiger charge is -2.38. The molecule has 2 aromatic carbocycles. The van der Waals surface area contributed by atoms with Crippen LogP contribution >= 0.6 is 0 Å². The van der Waals surface area contributed by atoms with Crippen molar-refractivity contribution < 1.29 is 19.1 Å². The van der Waals surface area contributed by atoms with Gasteiger partial charge in [-0.05, 0) is 36.4 Å². The van der Waals surface area contributed by atoms with E-state index in [4.69, 9.17) is 4.74 Å². The number of ether oxygens (including phenoxy) is 1. The van der Waals surface area contributed by atoms with Gasteiger partial charge in [-0.1, -0.05) is 18.2 Å². The van der Waals surface area contributed by atoms with Crippen molar-refractivity contribution in [3.05, 3.63) is 54.6 Å². The number of methoxy groups -OCH3 is 1. The van der Waals surface area contributed by atoms with Gasteiger partial charge in [0.25, 0.3) is 0 Å². The molecule has 0 aromatic heterocycles. The lowest BCUT2D eigenvalue weighted by molar-refractivity contribution is -0.137. The largest absolute Gasteiger partial charge is 0.497 e. The van der Waals surface area contributed by atoms with Gasteiger partial charge in [0.05, 0.1) is 13.5 Å². The molecule has 0 unspecified atom stereocenters. The molecule has 2 aliphatic heterocycles. The maximum atomic E-state index is 13.0. The third-order valence-electron chi connectivity index (χ3n) is 6.05. The zero-order valence-electron chi connectivity index (χ0n) is 18.7. The standard InChI is InChI=1S/C24H29N5O4/c1-33-20-9-7-19(8-10-20)27-13-15-28(16-14-27)22(30)17-21-23(31)25-11-12-29(21)24(32)26-18-5-3-2-4-6-18/h2-10,21H,11-17H2,1H3,(H,25,31)(H,26,32)/t21-/m0/s1. The molecule has 0 spiro atoms. The molecule has 1 atom stereocenters. The van der Waals surface area contributed by atoms with E-state index < -0.39 is 6.04 Å². The van der Waals surface area contributed by atoms with Gasteiger partial charge in [0.1, 0.15) is 11.8 Å². The highest BCUT2D eigenvalue weighted by atomic mass is 16.5. The minimum atomic E-state index is -0.824. The zero-order chi connectivity index (χ0) is 23.2. The van der Waals surface area contributed by atoms with Crippen LogP contribution in [0.25, 0.3) is 0 Å². The number of anilines is 2. The summed E-state index contributed by atoms with van der Waals surface area (Å²) in [6.07, 6.45) is -0.0312. The Morgan fingerprint density at radius 2 is 1.70 bits per heavy atom. The number of nitrogens with zero attached hydrogens (tertiary/aromatic N) is 3. The van der Waals surface area contributed by atoms with Crippen LogP contribution in [0.15, 0.2) is 54.6 Å². The number of amides is 4. The molecule has 0 aliphatic carbocycles. The number of rotatable bonds is 5. The van der Waals surface area contributed by atoms with E-state index in [2.05, 4.69) is 15.5 Å². The van der Waals surface area contributed by atoms with E-state index >= 15 is 0 Å². The summed E-state index contributed by atoms with van der Waals surface area (Å²) >= 11 is 0. The zero-order valence-corrected chi connectivity index (χ0v) is 18.7. The Hall–Kier alpha value is -3.75. The number of nitrogens with one attached hydrogen (secondary N) is 2. The number of carbonyl (C=O) groups is 3. The molecule has 0 saturated carbocycles. The topological polar surface area (TPSA) is 94.2 Å². The van der Waals surface area contributed by atoms with Crippen LogP contribution in [0.2, 0.25) is 0 Å². The Labute approximate surface area is 193 Å². The summed E-state index contributed by atoms with van der Waals surface area (Å²) in [7, 11) is 1.64. The summed E-state index contributed by atoms with van der Waals surface area (Å²) in [5.74, 6) is 0.387. The Morgan fingerprint density at radius 1 is 1.00 bits per heavy atom. The van der Waals surface area contributed by atoms with Gasteiger partial charge in [0, 0.05) is 50.6 Å². The third kappa shape index (κ3) is 5.36. The highest BCUT2D eigenvalue weighted by Crippen LogP contribution is 2.21. The van der Waals surface area contributed by atoms with E-state index in [1.807, 2.05) is 42.5 Å². The number of carbonyl (C=O) groups excluding carboxylic acids is 3. The predicted molar refractivity (Wildman–Crippen MR) is 125 cm³/mol. The highest BCUT2D eigenvalue weighted by molar-refractivity contribution is 5.96. The lowest BCUT2D eigenvalue weighted by atomic mass is 10.1. The summed E-state index contributed by atoms with van der Waals surface area (Å²) in [6, 6.07) is 15.7. The van der Waals surface area contributed by atoms with Gasteiger partial charge < -0.3 is 30.1 Å². The van der Waals surface area contributed by atoms with Crippen LogP contribution in [0.1, 0.15) is 6.42 Å². The van der Waals surface area contributed by atoms with Gasteiger partial charge >= 0.3 is 6.03 Å². The van der Waals surface area contributed by atoms with Gasteiger partial charge in [-0.3, -0.25) is 9.59 Å². The summed E-state index contributed by atoms with van der Waals surface area (Å²) < 4.78 is 5.21. The molecule has 0 radical (unpaired) electrons. The maximum Gasteiger partial charge on any atom is 0.322 e. The lowest BCUT2D eigenvalue weighted by Crippen LogP contribution is -2.60. The predicted octanol–water partition coefficient (Wildman–Crippen LogP) is 1.77. The number of piperazine rings is 2. The number of hydrogen-bond acceptors (Lipinski definition) is 5. The molecule has 33 heavy (non-hydrogen) atoms. The SMILES string of the molecule is COc1ccc(N2CCN(C(=O)C[C@H]3C(=O)NCCN3C(=O)Nc3ccccc3)CC2)cc1. The van der Waals surface area contributed by atoms with Crippen LogP contribution in [-0.4, -0.2) is 80.1 Å². The minimum Gasteiger partial charge on any atom is -0.497 e. The molecule has 2 aliphatic rings. The number of benzene rings is 2. The fourth-order valence-corrected chi connectivity index (χ4v) is 4.18. The summed E-state index contributed by atoms with van der Waals surface area (Å²) in [5.41, 5.74) is 1.73. The van der Waals surface area contributed by atoms with E-state index in [1.54, 1.807) is 24.1 Å². The first-order valence-electron chi connectivity index (χ1n) is 11.1. The summed E-state index contributed by atoms with van der Waals surface area (Å²) in [4.78, 5) is 43.8. The number of urea groups is 1. The molecular weight excluding hydrogens is 422 g/mol. The van der Waals surface area contributed by atoms with Crippen molar-refractivity contribution in [1.29, 1.82) is 0 Å². The van der Waals surface area contributed by atoms with Crippen LogP contribution < -0.4 is 20.3 Å². The Kier molecular flexibility index (Phi) is 6.97. The van der Waals surface area contributed by atoms with Crippen molar-refractivity contribution in [2.45, 2.75) is 12.5 Å². The first kappa shape index (κ1) is 22.4. The second-order valence-corrected chi connectivity index (χ2v) is 8.07. The molecular formula is C24H29N5O4. The van der Waals surface area contributed by atoms with Crippen LogP contribution in [-0.2, 0) is 9.59 Å². The minimum absolute atomic E-state index is 0.0312. The monoisotopic (exact) mass is 451 g/mol. The van der Waals surface area contributed by atoms with Crippen LogP contribution in [0, 0.1) is 0 Å². The summed E-state index contributed by atoms with van der Waals surface area (Å²) in [6.45, 7) is 3.25. The van der Waals surface area contributed by atoms with Crippen molar-refractivity contribution in [3.8, 4) is 5.75 Å². The summed E-state index contributed by atoms with van der Waals surface area (Å²) in [5, 5.41) is 5.59. The number of hydrogen-bond donors (Lipinski definition) is 2. The first-order chi connectivity index (χ1) is 16.0. The molecule has 9 heteroatoms. The van der Waals surface area contributed by atoms with Crippen molar-refractivity contribution >= 4 is 29.2 Å².